The van der Waals surface area contributed by atoms with Crippen LogP contribution in [0.25, 0.3) is 0 Å². The molecule has 0 spiro atoms. The predicted molar refractivity (Wildman–Crippen MR) is 63.9 cm³/mol. The lowest BCUT2D eigenvalue weighted by Crippen LogP contribution is -2.28. The number of rotatable bonds is 6. The highest BCUT2D eigenvalue weighted by Gasteiger charge is 2.09. The largest absolute Gasteiger partial charge is 0.497 e. The van der Waals surface area contributed by atoms with E-state index in [1.54, 1.807) is 31.4 Å². The van der Waals surface area contributed by atoms with Gasteiger partial charge in [-0.15, -0.1) is 0 Å². The molecule has 0 saturated carbocycles. The quantitative estimate of drug-likeness (QED) is 0.763. The number of ether oxygens (including phenoxy) is 1. The summed E-state index contributed by atoms with van der Waals surface area (Å²) in [5.41, 5.74) is 5.70. The zero-order valence-electron chi connectivity index (χ0n) is 9.26. The second kappa shape index (κ2) is 6.62. The van der Waals surface area contributed by atoms with Gasteiger partial charge in [-0.3, -0.25) is 4.21 Å². The predicted octanol–water partition coefficient (Wildman–Crippen LogP) is 0.512. The minimum atomic E-state index is -1.12. The fourth-order valence-corrected chi connectivity index (χ4v) is 2.45. The monoisotopic (exact) mass is 243 g/mol. The van der Waals surface area contributed by atoms with Crippen molar-refractivity contribution in [1.29, 1.82) is 0 Å². The standard InChI is InChI=1S/C11H17NO3S/c1-15-10-2-4-11(5-3-10)16(14)8-9(12)6-7-13/h2-5,9,13H,6-8,12H2,1H3. The van der Waals surface area contributed by atoms with E-state index in [2.05, 4.69) is 0 Å². The first kappa shape index (κ1) is 13.2. The smallest absolute Gasteiger partial charge is 0.118 e. The summed E-state index contributed by atoms with van der Waals surface area (Å²) < 4.78 is 16.9. The molecule has 0 amide bonds. The first-order valence-corrected chi connectivity index (χ1v) is 6.38. The molecule has 0 radical (unpaired) electrons. The van der Waals surface area contributed by atoms with Crippen LogP contribution < -0.4 is 10.5 Å². The van der Waals surface area contributed by atoms with Crippen molar-refractivity contribution in [3.63, 3.8) is 0 Å². The van der Waals surface area contributed by atoms with Crippen molar-refractivity contribution in [1.82, 2.24) is 0 Å². The number of aliphatic hydroxyl groups excluding tert-OH is 1. The minimum Gasteiger partial charge on any atom is -0.497 e. The lowest BCUT2D eigenvalue weighted by molar-refractivity contribution is 0.279. The van der Waals surface area contributed by atoms with Crippen LogP contribution in [-0.4, -0.2) is 34.8 Å². The number of benzene rings is 1. The maximum atomic E-state index is 11.8. The fraction of sp³-hybridized carbons (Fsp3) is 0.455. The average Bonchev–Trinajstić information content (AvgIpc) is 2.29. The lowest BCUT2D eigenvalue weighted by atomic mass is 10.3. The number of hydrogen-bond acceptors (Lipinski definition) is 4. The van der Waals surface area contributed by atoms with Crippen molar-refractivity contribution in [2.24, 2.45) is 5.73 Å². The van der Waals surface area contributed by atoms with Gasteiger partial charge >= 0.3 is 0 Å². The maximum Gasteiger partial charge on any atom is 0.118 e. The van der Waals surface area contributed by atoms with Gasteiger partial charge in [0.25, 0.3) is 0 Å². The molecule has 0 fully saturated rings. The Labute approximate surface area is 97.9 Å². The Morgan fingerprint density at radius 2 is 2.06 bits per heavy atom. The van der Waals surface area contributed by atoms with E-state index in [9.17, 15) is 4.21 Å². The van der Waals surface area contributed by atoms with E-state index in [0.717, 1.165) is 10.6 Å². The van der Waals surface area contributed by atoms with Crippen LogP contribution in [0.1, 0.15) is 6.42 Å². The van der Waals surface area contributed by atoms with Crippen LogP contribution in [0.5, 0.6) is 5.75 Å². The van der Waals surface area contributed by atoms with Crippen LogP contribution >= 0.6 is 0 Å². The second-order valence-electron chi connectivity index (χ2n) is 3.46. The highest BCUT2D eigenvalue weighted by molar-refractivity contribution is 7.85. The van der Waals surface area contributed by atoms with E-state index in [0.29, 0.717) is 12.2 Å². The Balaban J connectivity index is 2.59. The van der Waals surface area contributed by atoms with Gasteiger partial charge in [0.2, 0.25) is 0 Å². The number of nitrogens with two attached hydrogens (primary N) is 1. The lowest BCUT2D eigenvalue weighted by Gasteiger charge is -2.09. The SMILES string of the molecule is COc1ccc(S(=O)CC(N)CCO)cc1. The number of hydrogen-bond donors (Lipinski definition) is 2. The molecular formula is C11H17NO3S. The molecule has 1 aromatic carbocycles. The van der Waals surface area contributed by atoms with E-state index in [-0.39, 0.29) is 12.6 Å². The number of methoxy groups -OCH3 is 1. The summed E-state index contributed by atoms with van der Waals surface area (Å²) >= 11 is 0. The fourth-order valence-electron chi connectivity index (χ4n) is 1.27. The molecule has 1 rings (SSSR count). The third-order valence-corrected chi connectivity index (χ3v) is 3.72. The van der Waals surface area contributed by atoms with E-state index in [4.69, 9.17) is 15.6 Å². The number of aliphatic hydroxyl groups is 1. The molecule has 0 heterocycles. The van der Waals surface area contributed by atoms with Gasteiger partial charge in [-0.2, -0.15) is 0 Å². The Hall–Kier alpha value is -0.910. The van der Waals surface area contributed by atoms with Gasteiger partial charge in [0.15, 0.2) is 0 Å². The van der Waals surface area contributed by atoms with Crippen LogP contribution in [0.3, 0.4) is 0 Å². The van der Waals surface area contributed by atoms with Crippen LogP contribution in [0.2, 0.25) is 0 Å². The van der Waals surface area contributed by atoms with Crippen LogP contribution in [0, 0.1) is 0 Å². The Kier molecular flexibility index (Phi) is 5.45. The summed E-state index contributed by atoms with van der Waals surface area (Å²) in [6.45, 7) is 0.0287. The molecule has 5 heteroatoms. The molecule has 1 aromatic rings. The van der Waals surface area contributed by atoms with Crippen molar-refractivity contribution < 1.29 is 14.1 Å². The van der Waals surface area contributed by atoms with Gasteiger partial charge in [0.05, 0.1) is 17.9 Å². The molecule has 0 saturated heterocycles. The molecule has 0 aromatic heterocycles. The van der Waals surface area contributed by atoms with Crippen molar-refractivity contribution in [3.05, 3.63) is 24.3 Å². The van der Waals surface area contributed by atoms with Crippen molar-refractivity contribution in [3.8, 4) is 5.75 Å². The zero-order chi connectivity index (χ0) is 12.0. The van der Waals surface area contributed by atoms with Gasteiger partial charge in [-0.1, -0.05) is 0 Å². The molecule has 4 nitrogen and oxygen atoms in total. The molecule has 3 N–H and O–H groups in total. The van der Waals surface area contributed by atoms with Gasteiger partial charge in [0.1, 0.15) is 5.75 Å². The summed E-state index contributed by atoms with van der Waals surface area (Å²) in [7, 11) is 0.470. The highest BCUT2D eigenvalue weighted by atomic mass is 32.2. The Bertz CT molecular complexity index is 340. The molecular weight excluding hydrogens is 226 g/mol. The first-order chi connectivity index (χ1) is 7.67. The second-order valence-corrected chi connectivity index (χ2v) is 4.96. The highest BCUT2D eigenvalue weighted by Crippen LogP contribution is 2.14. The van der Waals surface area contributed by atoms with E-state index < -0.39 is 10.8 Å². The summed E-state index contributed by atoms with van der Waals surface area (Å²) in [6, 6.07) is 6.84. The van der Waals surface area contributed by atoms with Crippen LogP contribution in [0.4, 0.5) is 0 Å². The Morgan fingerprint density at radius 3 is 2.56 bits per heavy atom. The minimum absolute atomic E-state index is 0.0287. The van der Waals surface area contributed by atoms with Crippen LogP contribution in [-0.2, 0) is 10.8 Å². The van der Waals surface area contributed by atoms with E-state index >= 15 is 0 Å². The van der Waals surface area contributed by atoms with E-state index in [1.165, 1.54) is 0 Å². The summed E-state index contributed by atoms with van der Waals surface area (Å²) in [6.07, 6.45) is 0.474. The van der Waals surface area contributed by atoms with E-state index in [1.807, 2.05) is 0 Å². The summed E-state index contributed by atoms with van der Waals surface area (Å²) in [4.78, 5) is 0.731. The zero-order valence-corrected chi connectivity index (χ0v) is 10.1. The van der Waals surface area contributed by atoms with Gasteiger partial charge in [-0.25, -0.2) is 0 Å². The molecule has 90 valence electrons. The maximum absolute atomic E-state index is 11.8. The van der Waals surface area contributed by atoms with Gasteiger partial charge in [-0.05, 0) is 30.7 Å². The molecule has 0 aliphatic carbocycles. The summed E-state index contributed by atoms with van der Waals surface area (Å²) in [5.74, 6) is 1.10. The van der Waals surface area contributed by atoms with Crippen molar-refractivity contribution in [2.45, 2.75) is 17.4 Å². The van der Waals surface area contributed by atoms with Crippen molar-refractivity contribution >= 4 is 10.8 Å². The van der Waals surface area contributed by atoms with Gasteiger partial charge < -0.3 is 15.6 Å². The average molecular weight is 243 g/mol. The Morgan fingerprint density at radius 1 is 1.44 bits per heavy atom. The van der Waals surface area contributed by atoms with Gasteiger partial charge in [0, 0.05) is 23.3 Å². The third-order valence-electron chi connectivity index (χ3n) is 2.19. The topological polar surface area (TPSA) is 72.5 Å². The summed E-state index contributed by atoms with van der Waals surface area (Å²) in [5, 5.41) is 8.69. The molecule has 0 aliphatic rings. The first-order valence-electron chi connectivity index (χ1n) is 5.06. The molecule has 2 unspecified atom stereocenters. The van der Waals surface area contributed by atoms with Crippen LogP contribution in [0.15, 0.2) is 29.2 Å². The molecule has 2 atom stereocenters. The third kappa shape index (κ3) is 3.92. The molecule has 0 aliphatic heterocycles. The molecule has 0 bridgehead atoms. The normalized spacial score (nSPS) is 14.4. The van der Waals surface area contributed by atoms with Crippen molar-refractivity contribution in [2.75, 3.05) is 19.5 Å². The molecule has 16 heavy (non-hydrogen) atoms.